The highest BCUT2D eigenvalue weighted by Crippen LogP contribution is 2.44. The molecule has 0 saturated heterocycles. The highest BCUT2D eigenvalue weighted by Gasteiger charge is 2.29. The van der Waals surface area contributed by atoms with Gasteiger partial charge in [-0.15, -0.1) is 0 Å². The Hall–Kier alpha value is -5.68. The van der Waals surface area contributed by atoms with Crippen molar-refractivity contribution in [3.63, 3.8) is 0 Å². The number of hydrogen-bond acceptors (Lipinski definition) is 4. The molecule has 1 aliphatic heterocycles. The third-order valence-electron chi connectivity index (χ3n) is 8.30. The minimum Gasteiger partial charge on any atom is -0.478 e. The Morgan fingerprint density at radius 1 is 0.651 bits per heavy atom. The lowest BCUT2D eigenvalue weighted by Crippen LogP contribution is -2.27. The second-order valence-corrected chi connectivity index (χ2v) is 11.0. The molecule has 0 amide bonds. The summed E-state index contributed by atoms with van der Waals surface area (Å²) in [7, 11) is 0. The van der Waals surface area contributed by atoms with Gasteiger partial charge in [-0.25, -0.2) is 9.97 Å². The van der Waals surface area contributed by atoms with Crippen molar-refractivity contribution in [1.82, 2.24) is 14.5 Å². The quantitative estimate of drug-likeness (QED) is 0.218. The summed E-state index contributed by atoms with van der Waals surface area (Å²) >= 11 is 0. The summed E-state index contributed by atoms with van der Waals surface area (Å²) in [5, 5.41) is 4.57. The second kappa shape index (κ2) is 9.43. The van der Waals surface area contributed by atoms with Crippen LogP contribution in [0, 0.1) is 0 Å². The zero-order valence-electron chi connectivity index (χ0n) is 23.1. The van der Waals surface area contributed by atoms with E-state index in [4.69, 9.17) is 19.4 Å². The predicted octanol–water partition coefficient (Wildman–Crippen LogP) is 9.04. The molecule has 3 heterocycles. The minimum atomic E-state index is -0.104. The van der Waals surface area contributed by atoms with Crippen LogP contribution in [0.4, 0.5) is 0 Å². The van der Waals surface area contributed by atoms with Crippen LogP contribution >= 0.6 is 0 Å². The Kier molecular flexibility index (Phi) is 5.26. The maximum atomic E-state index is 6.47. The lowest BCUT2D eigenvalue weighted by molar-refractivity contribution is 0.148. The van der Waals surface area contributed by atoms with E-state index >= 15 is 0 Å². The SMILES string of the molecule is C1=CC[C@@H]2Oc3cc4c5cc6ccccc6cc5n(-c5cc(-c6ccccc6)nc(-c6ccccc6)n5)c4cc3OC2=C1. The van der Waals surface area contributed by atoms with Gasteiger partial charge in [-0.1, -0.05) is 97.1 Å². The molecule has 2 aromatic heterocycles. The van der Waals surface area contributed by atoms with E-state index in [-0.39, 0.29) is 6.10 Å². The standard InChI is InChI=1S/C38H25N3O2/c1-3-11-24(12-4-1)30-22-37(40-38(39-30)25-13-5-2-6-14-25)41-31-20-27-16-8-7-15-26(27)19-28(31)29-21-35-36(23-32(29)41)43-34-18-10-9-17-33(34)42-35/h1-16,18-23,33H,17H2/t33-/m0/s1. The first-order chi connectivity index (χ1) is 21.3. The van der Waals surface area contributed by atoms with Gasteiger partial charge in [0.05, 0.1) is 16.7 Å². The van der Waals surface area contributed by atoms with Gasteiger partial charge < -0.3 is 9.47 Å². The van der Waals surface area contributed by atoms with E-state index in [1.54, 1.807) is 0 Å². The summed E-state index contributed by atoms with van der Waals surface area (Å²) in [6.07, 6.45) is 6.82. The zero-order chi connectivity index (χ0) is 28.3. The number of fused-ring (bicyclic) bond motifs is 6. The highest BCUT2D eigenvalue weighted by atomic mass is 16.6. The predicted molar refractivity (Wildman–Crippen MR) is 172 cm³/mol. The van der Waals surface area contributed by atoms with Crippen molar-refractivity contribution in [2.75, 3.05) is 0 Å². The van der Waals surface area contributed by atoms with Gasteiger partial charge in [-0.3, -0.25) is 4.57 Å². The first-order valence-electron chi connectivity index (χ1n) is 14.5. The van der Waals surface area contributed by atoms with Gasteiger partial charge >= 0.3 is 0 Å². The van der Waals surface area contributed by atoms with Gasteiger partial charge in [0.15, 0.2) is 23.4 Å². The molecule has 43 heavy (non-hydrogen) atoms. The molecular formula is C38H25N3O2. The monoisotopic (exact) mass is 555 g/mol. The Bertz CT molecular complexity index is 2210. The number of allylic oxidation sites excluding steroid dienone is 2. The number of hydrogen-bond donors (Lipinski definition) is 0. The molecule has 0 unspecified atom stereocenters. The topological polar surface area (TPSA) is 49.2 Å². The molecule has 5 aromatic carbocycles. The van der Waals surface area contributed by atoms with E-state index in [2.05, 4.69) is 89.5 Å². The molecule has 2 aliphatic rings. The summed E-state index contributed by atoms with van der Waals surface area (Å²) in [6, 6.07) is 39.7. The lowest BCUT2D eigenvalue weighted by atomic mass is 10.0. The summed E-state index contributed by atoms with van der Waals surface area (Å²) in [6.45, 7) is 0. The molecule has 0 bridgehead atoms. The fourth-order valence-electron chi connectivity index (χ4n) is 6.22. The fourth-order valence-corrected chi connectivity index (χ4v) is 6.22. The molecule has 0 spiro atoms. The van der Waals surface area contributed by atoms with E-state index < -0.39 is 0 Å². The van der Waals surface area contributed by atoms with Gasteiger partial charge in [0.1, 0.15) is 11.6 Å². The van der Waals surface area contributed by atoms with E-state index in [0.717, 1.165) is 62.4 Å². The average molecular weight is 556 g/mol. The number of benzene rings is 5. The molecule has 204 valence electrons. The molecule has 0 radical (unpaired) electrons. The summed E-state index contributed by atoms with van der Waals surface area (Å²) < 4.78 is 15.1. The van der Waals surface area contributed by atoms with Crippen LogP contribution in [0.25, 0.3) is 61.0 Å². The van der Waals surface area contributed by atoms with Crippen molar-refractivity contribution in [1.29, 1.82) is 0 Å². The van der Waals surface area contributed by atoms with Crippen LogP contribution in [0.1, 0.15) is 6.42 Å². The van der Waals surface area contributed by atoms with Crippen LogP contribution < -0.4 is 9.47 Å². The number of nitrogens with zero attached hydrogens (tertiary/aromatic N) is 3. The largest absolute Gasteiger partial charge is 0.478 e. The van der Waals surface area contributed by atoms with Crippen molar-refractivity contribution in [3.05, 3.63) is 139 Å². The summed E-state index contributed by atoms with van der Waals surface area (Å²) in [4.78, 5) is 10.2. The van der Waals surface area contributed by atoms with Gasteiger partial charge in [0.2, 0.25) is 0 Å². The van der Waals surface area contributed by atoms with Crippen LogP contribution in [0.15, 0.2) is 139 Å². The van der Waals surface area contributed by atoms with Crippen LogP contribution in [0.2, 0.25) is 0 Å². The average Bonchev–Trinajstić information content (AvgIpc) is 3.37. The Morgan fingerprint density at radius 2 is 1.35 bits per heavy atom. The van der Waals surface area contributed by atoms with E-state index in [0.29, 0.717) is 11.6 Å². The number of rotatable bonds is 3. The Morgan fingerprint density at radius 3 is 2.16 bits per heavy atom. The first-order valence-corrected chi connectivity index (χ1v) is 14.5. The second-order valence-electron chi connectivity index (χ2n) is 11.0. The lowest BCUT2D eigenvalue weighted by Gasteiger charge is -2.29. The number of aromatic nitrogens is 3. The summed E-state index contributed by atoms with van der Waals surface area (Å²) in [5.41, 5.74) is 4.91. The minimum absolute atomic E-state index is 0.104. The molecule has 0 saturated carbocycles. The van der Waals surface area contributed by atoms with Gasteiger partial charge in [0.25, 0.3) is 0 Å². The Labute approximate surface area is 248 Å². The van der Waals surface area contributed by atoms with Crippen molar-refractivity contribution in [2.45, 2.75) is 12.5 Å². The van der Waals surface area contributed by atoms with Gasteiger partial charge in [-0.05, 0) is 35.0 Å². The normalized spacial score (nSPS) is 15.5. The van der Waals surface area contributed by atoms with Gasteiger partial charge in [0, 0.05) is 40.5 Å². The summed E-state index contributed by atoms with van der Waals surface area (Å²) in [5.74, 6) is 3.77. The van der Waals surface area contributed by atoms with E-state index in [1.807, 2.05) is 48.6 Å². The molecular weight excluding hydrogens is 530 g/mol. The highest BCUT2D eigenvalue weighted by molar-refractivity contribution is 6.14. The van der Waals surface area contributed by atoms with Crippen molar-refractivity contribution in [3.8, 4) is 40.0 Å². The fraction of sp³-hybridized carbons (Fsp3) is 0.0526. The van der Waals surface area contributed by atoms with Crippen LogP contribution in [0.5, 0.6) is 11.5 Å². The molecule has 9 rings (SSSR count). The van der Waals surface area contributed by atoms with E-state index in [9.17, 15) is 0 Å². The molecule has 5 nitrogen and oxygen atoms in total. The molecule has 1 atom stereocenters. The van der Waals surface area contributed by atoms with E-state index in [1.165, 1.54) is 10.8 Å². The maximum Gasteiger partial charge on any atom is 0.171 e. The van der Waals surface area contributed by atoms with Gasteiger partial charge in [-0.2, -0.15) is 0 Å². The molecule has 0 N–H and O–H groups in total. The van der Waals surface area contributed by atoms with Crippen LogP contribution in [-0.2, 0) is 0 Å². The molecule has 1 aliphatic carbocycles. The molecule has 7 aromatic rings. The van der Waals surface area contributed by atoms with Crippen LogP contribution in [-0.4, -0.2) is 20.6 Å². The van der Waals surface area contributed by atoms with Crippen molar-refractivity contribution < 1.29 is 9.47 Å². The van der Waals surface area contributed by atoms with Crippen molar-refractivity contribution in [2.24, 2.45) is 0 Å². The Balaban J connectivity index is 1.36. The number of ether oxygens (including phenoxy) is 2. The zero-order valence-corrected chi connectivity index (χ0v) is 23.1. The third-order valence-corrected chi connectivity index (χ3v) is 8.30. The molecule has 0 fully saturated rings. The molecule has 5 heteroatoms. The first kappa shape index (κ1) is 24.0. The van der Waals surface area contributed by atoms with Crippen molar-refractivity contribution >= 4 is 32.6 Å². The van der Waals surface area contributed by atoms with Crippen LogP contribution in [0.3, 0.4) is 0 Å². The smallest absolute Gasteiger partial charge is 0.171 e. The maximum absolute atomic E-state index is 6.47. The third kappa shape index (κ3) is 3.93.